The lowest BCUT2D eigenvalue weighted by atomic mass is 10.1. The molecule has 0 amide bonds. The molecule has 0 saturated heterocycles. The fourth-order valence-corrected chi connectivity index (χ4v) is 2.54. The molecule has 100 valence electrons. The highest BCUT2D eigenvalue weighted by atomic mass is 35.5. The number of hydrogen-bond acceptors (Lipinski definition) is 3. The van der Waals surface area contributed by atoms with Crippen molar-refractivity contribution in [1.82, 2.24) is 14.9 Å². The molecule has 2 aromatic rings. The third-order valence-corrected chi connectivity index (χ3v) is 3.34. The van der Waals surface area contributed by atoms with Crippen LogP contribution in [0.3, 0.4) is 0 Å². The highest BCUT2D eigenvalue weighted by Gasteiger charge is 2.16. The number of hydrogen-bond donors (Lipinski definition) is 0. The van der Waals surface area contributed by atoms with Crippen molar-refractivity contribution in [2.24, 2.45) is 0 Å². The van der Waals surface area contributed by atoms with E-state index >= 15 is 0 Å². The van der Waals surface area contributed by atoms with Crippen LogP contribution in [0.25, 0.3) is 11.1 Å². The van der Waals surface area contributed by atoms with Gasteiger partial charge in [0.15, 0.2) is 0 Å². The molecule has 1 aromatic heterocycles. The quantitative estimate of drug-likeness (QED) is 0.796. The monoisotopic (exact) mass is 315 g/mol. The summed E-state index contributed by atoms with van der Waals surface area (Å²) in [4.78, 5) is 10.5. The van der Waals surface area contributed by atoms with Gasteiger partial charge in [-0.25, -0.2) is 9.97 Å². The first kappa shape index (κ1) is 14.5. The molecule has 3 nitrogen and oxygen atoms in total. The van der Waals surface area contributed by atoms with E-state index < -0.39 is 0 Å². The van der Waals surface area contributed by atoms with Gasteiger partial charge in [-0.15, -0.1) is 0 Å². The Morgan fingerprint density at radius 3 is 2.11 bits per heavy atom. The second-order valence-electron chi connectivity index (χ2n) is 4.31. The van der Waals surface area contributed by atoms with Gasteiger partial charge in [0.2, 0.25) is 0 Å². The zero-order chi connectivity index (χ0) is 14.0. The van der Waals surface area contributed by atoms with E-state index in [1.807, 2.05) is 37.2 Å². The van der Waals surface area contributed by atoms with Gasteiger partial charge in [-0.1, -0.05) is 53.0 Å². The molecule has 0 aliphatic carbocycles. The molecule has 0 spiro atoms. The molecule has 0 unspecified atom stereocenters. The molecule has 1 aromatic carbocycles. The topological polar surface area (TPSA) is 29.0 Å². The molecule has 0 atom stereocenters. The maximum Gasteiger partial charge on any atom is 0.145 e. The van der Waals surface area contributed by atoms with Crippen molar-refractivity contribution < 1.29 is 0 Å². The standard InChI is InChI=1S/C13H12Cl3N3/c1-19(2)7-10-17-12(15)11(13(16)18-10)8-5-3-4-6-9(8)14/h3-6H,7H2,1-2H3. The van der Waals surface area contributed by atoms with Crippen LogP contribution in [0.5, 0.6) is 0 Å². The Hall–Kier alpha value is -0.870. The van der Waals surface area contributed by atoms with Crippen LogP contribution in [-0.4, -0.2) is 29.0 Å². The Balaban J connectivity index is 2.51. The predicted molar refractivity (Wildman–Crippen MR) is 79.9 cm³/mol. The van der Waals surface area contributed by atoms with Crippen molar-refractivity contribution in [3.05, 3.63) is 45.4 Å². The van der Waals surface area contributed by atoms with Crippen molar-refractivity contribution in [1.29, 1.82) is 0 Å². The van der Waals surface area contributed by atoms with Crippen LogP contribution in [0.15, 0.2) is 24.3 Å². The van der Waals surface area contributed by atoms with Gasteiger partial charge in [-0.3, -0.25) is 0 Å². The lowest BCUT2D eigenvalue weighted by Crippen LogP contribution is -2.13. The summed E-state index contributed by atoms with van der Waals surface area (Å²) in [5.74, 6) is 0.579. The van der Waals surface area contributed by atoms with Crippen molar-refractivity contribution in [2.75, 3.05) is 14.1 Å². The van der Waals surface area contributed by atoms with Crippen molar-refractivity contribution in [3.8, 4) is 11.1 Å². The van der Waals surface area contributed by atoms with E-state index in [0.717, 1.165) is 5.56 Å². The number of halogens is 3. The van der Waals surface area contributed by atoms with Gasteiger partial charge in [0.25, 0.3) is 0 Å². The number of aromatic nitrogens is 2. The average molecular weight is 317 g/mol. The second kappa shape index (κ2) is 6.06. The van der Waals surface area contributed by atoms with Gasteiger partial charge in [0, 0.05) is 10.6 Å². The summed E-state index contributed by atoms with van der Waals surface area (Å²) in [5, 5.41) is 1.19. The molecule has 2 rings (SSSR count). The normalized spacial score (nSPS) is 11.1. The van der Waals surface area contributed by atoms with Gasteiger partial charge >= 0.3 is 0 Å². The summed E-state index contributed by atoms with van der Waals surface area (Å²) in [7, 11) is 3.85. The highest BCUT2D eigenvalue weighted by Crippen LogP contribution is 2.36. The summed E-state index contributed by atoms with van der Waals surface area (Å²) in [6, 6.07) is 7.32. The van der Waals surface area contributed by atoms with Crippen LogP contribution < -0.4 is 0 Å². The molecule has 0 saturated carbocycles. The average Bonchev–Trinajstić information content (AvgIpc) is 2.29. The van der Waals surface area contributed by atoms with Crippen molar-refractivity contribution in [2.45, 2.75) is 6.54 Å². The van der Waals surface area contributed by atoms with Crippen LogP contribution in [0.4, 0.5) is 0 Å². The van der Waals surface area contributed by atoms with Gasteiger partial charge in [-0.2, -0.15) is 0 Å². The minimum atomic E-state index is 0.310. The summed E-state index contributed by atoms with van der Waals surface area (Å²) >= 11 is 18.6. The van der Waals surface area contributed by atoms with Crippen LogP contribution in [0.1, 0.15) is 5.82 Å². The minimum Gasteiger partial charge on any atom is -0.302 e. The Kier molecular flexibility index (Phi) is 4.63. The van der Waals surface area contributed by atoms with Crippen molar-refractivity contribution >= 4 is 34.8 Å². The first-order chi connectivity index (χ1) is 8.99. The number of benzene rings is 1. The van der Waals surface area contributed by atoms with Gasteiger partial charge < -0.3 is 4.90 Å². The SMILES string of the molecule is CN(C)Cc1nc(Cl)c(-c2ccccc2Cl)c(Cl)n1. The predicted octanol–water partition coefficient (Wildman–Crippen LogP) is 4.17. The van der Waals surface area contributed by atoms with Gasteiger partial charge in [0.05, 0.1) is 12.1 Å². The number of rotatable bonds is 3. The number of nitrogens with zero attached hydrogens (tertiary/aromatic N) is 3. The molecule has 0 fully saturated rings. The Bertz CT molecular complexity index is 576. The van der Waals surface area contributed by atoms with Crippen LogP contribution >= 0.6 is 34.8 Å². The Morgan fingerprint density at radius 2 is 1.58 bits per heavy atom. The van der Waals surface area contributed by atoms with Crippen molar-refractivity contribution in [3.63, 3.8) is 0 Å². The fourth-order valence-electron chi connectivity index (χ4n) is 1.69. The van der Waals surface area contributed by atoms with E-state index in [9.17, 15) is 0 Å². The van der Waals surface area contributed by atoms with Gasteiger partial charge in [0.1, 0.15) is 16.1 Å². The van der Waals surface area contributed by atoms with E-state index in [4.69, 9.17) is 34.8 Å². The third-order valence-electron chi connectivity index (χ3n) is 2.47. The fraction of sp³-hybridized carbons (Fsp3) is 0.231. The second-order valence-corrected chi connectivity index (χ2v) is 5.44. The maximum atomic E-state index is 6.21. The summed E-state index contributed by atoms with van der Waals surface area (Å²) < 4.78 is 0. The van der Waals surface area contributed by atoms with Crippen LogP contribution in [0.2, 0.25) is 15.3 Å². The molecule has 6 heteroatoms. The highest BCUT2D eigenvalue weighted by molar-refractivity contribution is 6.40. The van der Waals surface area contributed by atoms with E-state index in [0.29, 0.717) is 33.3 Å². The lowest BCUT2D eigenvalue weighted by Gasteiger charge is -2.12. The molecular weight excluding hydrogens is 305 g/mol. The van der Waals surface area contributed by atoms with E-state index in [-0.39, 0.29) is 0 Å². The third kappa shape index (κ3) is 3.37. The first-order valence-corrected chi connectivity index (χ1v) is 6.74. The lowest BCUT2D eigenvalue weighted by molar-refractivity contribution is 0.390. The molecule has 19 heavy (non-hydrogen) atoms. The smallest absolute Gasteiger partial charge is 0.145 e. The molecule has 0 N–H and O–H groups in total. The molecule has 1 heterocycles. The minimum absolute atomic E-state index is 0.310. The van der Waals surface area contributed by atoms with Gasteiger partial charge in [-0.05, 0) is 20.2 Å². The summed E-state index contributed by atoms with van der Waals surface area (Å²) in [6.45, 7) is 0.572. The van der Waals surface area contributed by atoms with Crippen LogP contribution in [-0.2, 0) is 6.54 Å². The molecule has 0 radical (unpaired) electrons. The Morgan fingerprint density at radius 1 is 1.00 bits per heavy atom. The summed E-state index contributed by atoms with van der Waals surface area (Å²) in [6.07, 6.45) is 0. The van der Waals surface area contributed by atoms with E-state index in [1.165, 1.54) is 0 Å². The summed E-state index contributed by atoms with van der Waals surface area (Å²) in [5.41, 5.74) is 1.30. The molecule has 0 aliphatic rings. The maximum absolute atomic E-state index is 6.21. The van der Waals surface area contributed by atoms with Crippen LogP contribution in [0, 0.1) is 0 Å². The largest absolute Gasteiger partial charge is 0.302 e. The first-order valence-electron chi connectivity index (χ1n) is 5.60. The zero-order valence-electron chi connectivity index (χ0n) is 10.5. The molecule has 0 aliphatic heterocycles. The molecule has 0 bridgehead atoms. The zero-order valence-corrected chi connectivity index (χ0v) is 12.8. The Labute approximate surface area is 127 Å². The van der Waals surface area contributed by atoms with E-state index in [1.54, 1.807) is 6.07 Å². The molecular formula is C13H12Cl3N3. The van der Waals surface area contributed by atoms with E-state index in [2.05, 4.69) is 9.97 Å².